The fourth-order valence-corrected chi connectivity index (χ4v) is 4.03. The highest BCUT2D eigenvalue weighted by atomic mass is 32.1. The van der Waals surface area contributed by atoms with Crippen LogP contribution in [0.5, 0.6) is 0 Å². The molecule has 0 saturated heterocycles. The number of nitrogens with one attached hydrogen (secondary N) is 1. The minimum atomic E-state index is -0.0330. The van der Waals surface area contributed by atoms with Gasteiger partial charge in [-0.15, -0.1) is 11.3 Å². The quantitative estimate of drug-likeness (QED) is 0.935. The van der Waals surface area contributed by atoms with E-state index >= 15 is 0 Å². The molecule has 1 aliphatic rings. The maximum absolute atomic E-state index is 12.3. The number of carbonyl (C=O) groups is 2. The molecule has 2 heterocycles. The third-order valence-corrected chi connectivity index (χ3v) is 5.31. The van der Waals surface area contributed by atoms with Gasteiger partial charge < -0.3 is 14.6 Å². The molecule has 2 aromatic heterocycles. The summed E-state index contributed by atoms with van der Waals surface area (Å²) >= 11 is 1.56. The Balaban J connectivity index is 1.63. The molecule has 23 heavy (non-hydrogen) atoms. The van der Waals surface area contributed by atoms with E-state index in [2.05, 4.69) is 5.32 Å². The molecule has 1 N–H and O–H groups in total. The summed E-state index contributed by atoms with van der Waals surface area (Å²) in [4.78, 5) is 28.0. The van der Waals surface area contributed by atoms with Crippen molar-refractivity contribution in [1.29, 1.82) is 0 Å². The maximum Gasteiger partial charge on any atom is 0.263 e. The summed E-state index contributed by atoms with van der Waals surface area (Å²) in [6, 6.07) is 5.61. The Kier molecular flexibility index (Phi) is 4.52. The molecule has 122 valence electrons. The molecule has 0 aromatic carbocycles. The summed E-state index contributed by atoms with van der Waals surface area (Å²) in [7, 11) is 3.51. The van der Waals surface area contributed by atoms with E-state index in [4.69, 9.17) is 4.42 Å². The number of hydrogen-bond donors (Lipinski definition) is 1. The zero-order chi connectivity index (χ0) is 16.4. The van der Waals surface area contributed by atoms with Gasteiger partial charge in [0.05, 0.1) is 17.7 Å². The Morgan fingerprint density at radius 2 is 2.26 bits per heavy atom. The summed E-state index contributed by atoms with van der Waals surface area (Å²) in [6.45, 7) is 0.420. The van der Waals surface area contributed by atoms with Crippen molar-refractivity contribution in [2.24, 2.45) is 5.92 Å². The van der Waals surface area contributed by atoms with Gasteiger partial charge in [-0.05, 0) is 43.0 Å². The van der Waals surface area contributed by atoms with E-state index in [0.29, 0.717) is 13.0 Å². The van der Waals surface area contributed by atoms with Gasteiger partial charge >= 0.3 is 0 Å². The number of thiophene rings is 1. The SMILES string of the molecule is CN(C)C(=O)c1cc2c(s1)CC[C@@H](C(=O)NCc1ccco1)C2. The Labute approximate surface area is 139 Å². The molecule has 0 saturated carbocycles. The molecule has 6 heteroatoms. The second-order valence-electron chi connectivity index (χ2n) is 6.00. The molecule has 0 spiro atoms. The Hall–Kier alpha value is -2.08. The first-order valence-electron chi connectivity index (χ1n) is 7.68. The number of carbonyl (C=O) groups excluding carboxylic acids is 2. The summed E-state index contributed by atoms with van der Waals surface area (Å²) in [5, 5.41) is 2.93. The summed E-state index contributed by atoms with van der Waals surface area (Å²) in [5.74, 6) is 0.806. The van der Waals surface area contributed by atoms with E-state index in [9.17, 15) is 9.59 Å². The molecule has 0 radical (unpaired) electrons. The smallest absolute Gasteiger partial charge is 0.263 e. The third kappa shape index (κ3) is 3.47. The lowest BCUT2D eigenvalue weighted by Crippen LogP contribution is -2.33. The van der Waals surface area contributed by atoms with Gasteiger partial charge in [-0.1, -0.05) is 0 Å². The van der Waals surface area contributed by atoms with Crippen LogP contribution in [0.2, 0.25) is 0 Å². The average molecular weight is 332 g/mol. The van der Waals surface area contributed by atoms with E-state index in [1.807, 2.05) is 18.2 Å². The zero-order valence-electron chi connectivity index (χ0n) is 13.3. The first kappa shape index (κ1) is 15.8. The fourth-order valence-electron chi connectivity index (χ4n) is 2.80. The van der Waals surface area contributed by atoms with Crippen LogP contribution in [0.4, 0.5) is 0 Å². The fraction of sp³-hybridized carbons (Fsp3) is 0.412. The number of nitrogens with zero attached hydrogens (tertiary/aromatic N) is 1. The van der Waals surface area contributed by atoms with Crippen molar-refractivity contribution in [3.05, 3.63) is 45.5 Å². The van der Waals surface area contributed by atoms with Crippen LogP contribution < -0.4 is 5.32 Å². The molecule has 2 amide bonds. The molecular formula is C17H20N2O3S. The molecular weight excluding hydrogens is 312 g/mol. The van der Waals surface area contributed by atoms with Crippen molar-refractivity contribution in [3.8, 4) is 0 Å². The van der Waals surface area contributed by atoms with E-state index in [-0.39, 0.29) is 17.7 Å². The molecule has 0 fully saturated rings. The lowest BCUT2D eigenvalue weighted by molar-refractivity contribution is -0.125. The van der Waals surface area contributed by atoms with Gasteiger partial charge in [0.2, 0.25) is 5.91 Å². The molecule has 0 bridgehead atoms. The van der Waals surface area contributed by atoms with Crippen LogP contribution in [-0.2, 0) is 24.2 Å². The predicted octanol–water partition coefficient (Wildman–Crippen LogP) is 2.46. The van der Waals surface area contributed by atoms with Crippen LogP contribution >= 0.6 is 11.3 Å². The van der Waals surface area contributed by atoms with Crippen LogP contribution in [-0.4, -0.2) is 30.8 Å². The van der Waals surface area contributed by atoms with Gasteiger partial charge in [-0.2, -0.15) is 0 Å². The number of aryl methyl sites for hydroxylation is 1. The topological polar surface area (TPSA) is 62.6 Å². The number of fused-ring (bicyclic) bond motifs is 1. The molecule has 2 aromatic rings. The van der Waals surface area contributed by atoms with Gasteiger partial charge in [0, 0.05) is 24.9 Å². The number of hydrogen-bond acceptors (Lipinski definition) is 4. The van der Waals surface area contributed by atoms with Gasteiger partial charge in [-0.3, -0.25) is 9.59 Å². The summed E-state index contributed by atoms with van der Waals surface area (Å²) in [6.07, 6.45) is 3.99. The molecule has 3 rings (SSSR count). The van der Waals surface area contributed by atoms with Crippen LogP contribution in [0.25, 0.3) is 0 Å². The minimum absolute atomic E-state index is 0.0308. The van der Waals surface area contributed by atoms with Gasteiger partial charge in [-0.25, -0.2) is 0 Å². The predicted molar refractivity (Wildman–Crippen MR) is 88.4 cm³/mol. The molecule has 0 aliphatic heterocycles. The van der Waals surface area contributed by atoms with Crippen LogP contribution in [0.1, 0.15) is 32.3 Å². The van der Waals surface area contributed by atoms with Crippen LogP contribution in [0.15, 0.2) is 28.9 Å². The molecule has 0 unspecified atom stereocenters. The van der Waals surface area contributed by atoms with E-state index in [1.165, 1.54) is 4.88 Å². The molecule has 1 atom stereocenters. The van der Waals surface area contributed by atoms with Crippen LogP contribution in [0.3, 0.4) is 0 Å². The summed E-state index contributed by atoms with van der Waals surface area (Å²) < 4.78 is 5.22. The van der Waals surface area contributed by atoms with Crippen molar-refractivity contribution in [1.82, 2.24) is 10.2 Å². The van der Waals surface area contributed by atoms with Crippen LogP contribution in [0, 0.1) is 5.92 Å². The number of furan rings is 1. The first-order valence-corrected chi connectivity index (χ1v) is 8.49. The highest BCUT2D eigenvalue weighted by molar-refractivity contribution is 7.14. The van der Waals surface area contributed by atoms with E-state index in [1.54, 1.807) is 36.6 Å². The maximum atomic E-state index is 12.3. The van der Waals surface area contributed by atoms with Crippen molar-refractivity contribution >= 4 is 23.2 Å². The second kappa shape index (κ2) is 6.58. The van der Waals surface area contributed by atoms with Crippen molar-refractivity contribution in [2.45, 2.75) is 25.8 Å². The highest BCUT2D eigenvalue weighted by Gasteiger charge is 2.27. The average Bonchev–Trinajstić information content (AvgIpc) is 3.19. The van der Waals surface area contributed by atoms with Gasteiger partial charge in [0.15, 0.2) is 0 Å². The number of rotatable bonds is 4. The number of amides is 2. The molecule has 1 aliphatic carbocycles. The normalized spacial score (nSPS) is 16.7. The van der Waals surface area contributed by atoms with Crippen molar-refractivity contribution in [3.63, 3.8) is 0 Å². The Morgan fingerprint density at radius 3 is 2.96 bits per heavy atom. The van der Waals surface area contributed by atoms with Gasteiger partial charge in [0.1, 0.15) is 5.76 Å². The molecule has 5 nitrogen and oxygen atoms in total. The second-order valence-corrected chi connectivity index (χ2v) is 7.13. The Bertz CT molecular complexity index is 704. The minimum Gasteiger partial charge on any atom is -0.467 e. The Morgan fingerprint density at radius 1 is 1.43 bits per heavy atom. The third-order valence-electron chi connectivity index (χ3n) is 4.09. The summed E-state index contributed by atoms with van der Waals surface area (Å²) in [5.41, 5.74) is 1.14. The monoisotopic (exact) mass is 332 g/mol. The van der Waals surface area contributed by atoms with E-state index < -0.39 is 0 Å². The lowest BCUT2D eigenvalue weighted by atomic mass is 9.87. The zero-order valence-corrected chi connectivity index (χ0v) is 14.1. The standard InChI is InChI=1S/C17H20N2O3S/c1-19(2)17(21)15-9-12-8-11(5-6-14(12)23-15)16(20)18-10-13-4-3-7-22-13/h3-4,7,9,11H,5-6,8,10H2,1-2H3,(H,18,20)/t11-/m1/s1. The van der Waals surface area contributed by atoms with Gasteiger partial charge in [0.25, 0.3) is 5.91 Å². The van der Waals surface area contributed by atoms with Crippen molar-refractivity contribution in [2.75, 3.05) is 14.1 Å². The van der Waals surface area contributed by atoms with Crippen molar-refractivity contribution < 1.29 is 14.0 Å². The highest BCUT2D eigenvalue weighted by Crippen LogP contribution is 2.33. The van der Waals surface area contributed by atoms with E-state index in [0.717, 1.165) is 29.0 Å². The lowest BCUT2D eigenvalue weighted by Gasteiger charge is -2.21. The largest absolute Gasteiger partial charge is 0.467 e. The first-order chi connectivity index (χ1) is 11.0.